The molecule has 0 bridgehead atoms. The minimum Gasteiger partial charge on any atom is -0.497 e. The van der Waals surface area contributed by atoms with Gasteiger partial charge >= 0.3 is 0 Å². The number of methoxy groups -OCH3 is 1. The van der Waals surface area contributed by atoms with Crippen molar-refractivity contribution in [1.82, 2.24) is 0 Å². The zero-order valence-electron chi connectivity index (χ0n) is 12.4. The molecule has 1 N–H and O–H groups in total. The summed E-state index contributed by atoms with van der Waals surface area (Å²) >= 11 is 0. The molecule has 0 aliphatic heterocycles. The van der Waals surface area contributed by atoms with E-state index in [9.17, 15) is 5.11 Å². The van der Waals surface area contributed by atoms with Crippen LogP contribution < -0.4 is 4.74 Å². The standard InChI is InChI=1S/C17H26O2/c1-13(2)10-14-6-5-9-17(18,12-14)15-7-4-8-16(11-15)19-3/h4,7-8,11,13-14,18H,5-6,9-10,12H2,1-3H3. The molecule has 1 aromatic carbocycles. The second kappa shape index (κ2) is 5.96. The molecule has 0 spiro atoms. The van der Waals surface area contributed by atoms with Crippen molar-refractivity contribution in [3.63, 3.8) is 0 Å². The van der Waals surface area contributed by atoms with Crippen LogP contribution in [0.1, 0.15) is 51.5 Å². The first-order chi connectivity index (χ1) is 9.03. The molecule has 1 fully saturated rings. The van der Waals surface area contributed by atoms with Gasteiger partial charge in [0.1, 0.15) is 5.75 Å². The minimum absolute atomic E-state index is 0.643. The van der Waals surface area contributed by atoms with E-state index in [0.717, 1.165) is 30.6 Å². The van der Waals surface area contributed by atoms with Gasteiger partial charge in [-0.15, -0.1) is 0 Å². The number of hydrogen-bond acceptors (Lipinski definition) is 2. The van der Waals surface area contributed by atoms with Gasteiger partial charge < -0.3 is 9.84 Å². The molecule has 2 rings (SSSR count). The van der Waals surface area contributed by atoms with Gasteiger partial charge in [-0.2, -0.15) is 0 Å². The molecule has 19 heavy (non-hydrogen) atoms. The molecule has 2 unspecified atom stereocenters. The molecular formula is C17H26O2. The number of hydrogen-bond donors (Lipinski definition) is 1. The highest BCUT2D eigenvalue weighted by Crippen LogP contribution is 2.42. The Labute approximate surface area is 116 Å². The van der Waals surface area contributed by atoms with Crippen LogP contribution in [0.2, 0.25) is 0 Å². The summed E-state index contributed by atoms with van der Waals surface area (Å²) in [4.78, 5) is 0. The fourth-order valence-electron chi connectivity index (χ4n) is 3.41. The lowest BCUT2D eigenvalue weighted by atomic mass is 9.72. The van der Waals surface area contributed by atoms with E-state index in [1.807, 2.05) is 24.3 Å². The summed E-state index contributed by atoms with van der Waals surface area (Å²) in [7, 11) is 1.67. The summed E-state index contributed by atoms with van der Waals surface area (Å²) in [6.45, 7) is 4.53. The van der Waals surface area contributed by atoms with E-state index in [2.05, 4.69) is 13.8 Å². The molecule has 1 aliphatic carbocycles. The lowest BCUT2D eigenvalue weighted by Gasteiger charge is -2.38. The fourth-order valence-corrected chi connectivity index (χ4v) is 3.41. The lowest BCUT2D eigenvalue weighted by molar-refractivity contribution is -0.0246. The minimum atomic E-state index is -0.660. The number of aliphatic hydroxyl groups is 1. The topological polar surface area (TPSA) is 29.5 Å². The predicted octanol–water partition coefficient (Wildman–Crippen LogP) is 4.12. The molecular weight excluding hydrogens is 236 g/mol. The van der Waals surface area contributed by atoms with Gasteiger partial charge in [-0.1, -0.05) is 32.4 Å². The van der Waals surface area contributed by atoms with E-state index < -0.39 is 5.60 Å². The highest BCUT2D eigenvalue weighted by molar-refractivity contribution is 5.32. The van der Waals surface area contributed by atoms with Crippen LogP contribution in [-0.2, 0) is 5.60 Å². The Hall–Kier alpha value is -1.02. The summed E-state index contributed by atoms with van der Waals surface area (Å²) in [5, 5.41) is 11.0. The SMILES string of the molecule is COc1cccc(C2(O)CCCC(CC(C)C)C2)c1. The van der Waals surface area contributed by atoms with Crippen LogP contribution >= 0.6 is 0 Å². The number of ether oxygens (including phenoxy) is 1. The van der Waals surface area contributed by atoms with Crippen LogP contribution in [0.5, 0.6) is 5.75 Å². The zero-order chi connectivity index (χ0) is 13.9. The molecule has 0 aromatic heterocycles. The van der Waals surface area contributed by atoms with Gasteiger partial charge in [-0.25, -0.2) is 0 Å². The van der Waals surface area contributed by atoms with Crippen molar-refractivity contribution < 1.29 is 9.84 Å². The number of rotatable bonds is 4. The van der Waals surface area contributed by atoms with Crippen LogP contribution in [0, 0.1) is 11.8 Å². The van der Waals surface area contributed by atoms with Gasteiger partial charge in [0.2, 0.25) is 0 Å². The second-order valence-corrected chi connectivity index (χ2v) is 6.36. The predicted molar refractivity (Wildman–Crippen MR) is 78.3 cm³/mol. The molecule has 0 radical (unpaired) electrons. The largest absolute Gasteiger partial charge is 0.497 e. The normalized spacial score (nSPS) is 27.5. The first-order valence-electron chi connectivity index (χ1n) is 7.40. The average molecular weight is 262 g/mol. The third kappa shape index (κ3) is 3.50. The van der Waals surface area contributed by atoms with Crippen LogP contribution in [0.25, 0.3) is 0 Å². The fraction of sp³-hybridized carbons (Fsp3) is 0.647. The van der Waals surface area contributed by atoms with Crippen molar-refractivity contribution in [3.8, 4) is 5.75 Å². The van der Waals surface area contributed by atoms with Crippen LogP contribution in [0.3, 0.4) is 0 Å². The van der Waals surface area contributed by atoms with Crippen LogP contribution in [0.4, 0.5) is 0 Å². The molecule has 2 nitrogen and oxygen atoms in total. The first-order valence-corrected chi connectivity index (χ1v) is 7.40. The Morgan fingerprint density at radius 3 is 2.89 bits per heavy atom. The summed E-state index contributed by atoms with van der Waals surface area (Å²) < 4.78 is 5.27. The van der Waals surface area contributed by atoms with Crippen molar-refractivity contribution in [1.29, 1.82) is 0 Å². The van der Waals surface area contributed by atoms with Gasteiger partial charge in [-0.05, 0) is 55.2 Å². The molecule has 0 saturated heterocycles. The van der Waals surface area contributed by atoms with E-state index in [1.54, 1.807) is 7.11 Å². The smallest absolute Gasteiger partial charge is 0.119 e. The third-order valence-corrected chi connectivity index (χ3v) is 4.24. The molecule has 1 saturated carbocycles. The van der Waals surface area contributed by atoms with Crippen molar-refractivity contribution in [2.45, 2.75) is 51.6 Å². The lowest BCUT2D eigenvalue weighted by Crippen LogP contribution is -2.33. The maximum Gasteiger partial charge on any atom is 0.119 e. The Morgan fingerprint density at radius 1 is 1.42 bits per heavy atom. The monoisotopic (exact) mass is 262 g/mol. The highest BCUT2D eigenvalue weighted by Gasteiger charge is 2.36. The molecule has 106 valence electrons. The van der Waals surface area contributed by atoms with Crippen LogP contribution in [0.15, 0.2) is 24.3 Å². The summed E-state index contributed by atoms with van der Waals surface area (Å²) in [5.74, 6) is 2.18. The van der Waals surface area contributed by atoms with Crippen molar-refractivity contribution in [2.24, 2.45) is 11.8 Å². The Kier molecular flexibility index (Phi) is 4.51. The Bertz CT molecular complexity index is 413. The summed E-state index contributed by atoms with van der Waals surface area (Å²) in [5.41, 5.74) is 0.354. The van der Waals surface area contributed by atoms with Gasteiger partial charge in [0, 0.05) is 0 Å². The molecule has 1 aliphatic rings. The third-order valence-electron chi connectivity index (χ3n) is 4.24. The van der Waals surface area contributed by atoms with Crippen molar-refractivity contribution >= 4 is 0 Å². The molecule has 0 heterocycles. The molecule has 1 aromatic rings. The van der Waals surface area contributed by atoms with E-state index in [4.69, 9.17) is 4.74 Å². The molecule has 0 amide bonds. The maximum atomic E-state index is 11.0. The average Bonchev–Trinajstić information content (AvgIpc) is 2.38. The second-order valence-electron chi connectivity index (χ2n) is 6.36. The molecule has 2 heteroatoms. The first kappa shape index (κ1) is 14.4. The van der Waals surface area contributed by atoms with Gasteiger partial charge in [0.05, 0.1) is 12.7 Å². The van der Waals surface area contributed by atoms with E-state index >= 15 is 0 Å². The zero-order valence-corrected chi connectivity index (χ0v) is 12.4. The van der Waals surface area contributed by atoms with Crippen molar-refractivity contribution in [2.75, 3.05) is 7.11 Å². The quantitative estimate of drug-likeness (QED) is 0.884. The maximum absolute atomic E-state index is 11.0. The van der Waals surface area contributed by atoms with Crippen LogP contribution in [-0.4, -0.2) is 12.2 Å². The van der Waals surface area contributed by atoms with E-state index in [1.165, 1.54) is 12.8 Å². The highest BCUT2D eigenvalue weighted by atomic mass is 16.5. The summed E-state index contributed by atoms with van der Waals surface area (Å²) in [6, 6.07) is 7.91. The summed E-state index contributed by atoms with van der Waals surface area (Å²) in [6.07, 6.45) is 5.34. The Balaban J connectivity index is 2.16. The van der Waals surface area contributed by atoms with E-state index in [-0.39, 0.29) is 0 Å². The molecule has 2 atom stereocenters. The van der Waals surface area contributed by atoms with Crippen molar-refractivity contribution in [3.05, 3.63) is 29.8 Å². The van der Waals surface area contributed by atoms with Gasteiger partial charge in [-0.3, -0.25) is 0 Å². The van der Waals surface area contributed by atoms with Gasteiger partial charge in [0.25, 0.3) is 0 Å². The Morgan fingerprint density at radius 2 is 2.21 bits per heavy atom. The number of benzene rings is 1. The van der Waals surface area contributed by atoms with E-state index in [0.29, 0.717) is 11.8 Å². The van der Waals surface area contributed by atoms with Gasteiger partial charge in [0.15, 0.2) is 0 Å².